The molecule has 1 heterocycles. The Labute approximate surface area is 136 Å². The number of carbonyl (C=O) groups excluding carboxylic acids is 2. The normalized spacial score (nSPS) is 14.2. The van der Waals surface area contributed by atoms with Crippen LogP contribution in [0.2, 0.25) is 0 Å². The lowest BCUT2D eigenvalue weighted by Gasteiger charge is -2.17. The Balaban J connectivity index is 2.21. The van der Waals surface area contributed by atoms with Gasteiger partial charge in [-0.2, -0.15) is 8.42 Å². The van der Waals surface area contributed by atoms with Crippen LogP contribution in [-0.2, 0) is 16.7 Å². The van der Waals surface area contributed by atoms with E-state index in [0.717, 1.165) is 18.2 Å². The highest BCUT2D eigenvalue weighted by Gasteiger charge is 2.39. The summed E-state index contributed by atoms with van der Waals surface area (Å²) in [5.74, 6) is -2.00. The molecule has 0 aromatic heterocycles. The number of imide groups is 1. The molecule has 1 aliphatic rings. The molecule has 9 heteroatoms. The third-order valence-corrected chi connectivity index (χ3v) is 4.50. The van der Waals surface area contributed by atoms with E-state index in [1.807, 2.05) is 0 Å². The SMILES string of the molecule is O=C1c2ccc(CO)cc2C(=O)N1c1cc(O)ccc1S(=O)(=O)O. The summed E-state index contributed by atoms with van der Waals surface area (Å²) < 4.78 is 32.3. The maximum atomic E-state index is 12.5. The van der Waals surface area contributed by atoms with Gasteiger partial charge in [0.05, 0.1) is 23.4 Å². The molecule has 0 bridgehead atoms. The Morgan fingerprint density at radius 1 is 0.958 bits per heavy atom. The summed E-state index contributed by atoms with van der Waals surface area (Å²) in [6.07, 6.45) is 0. The van der Waals surface area contributed by atoms with Crippen molar-refractivity contribution in [2.24, 2.45) is 0 Å². The van der Waals surface area contributed by atoms with E-state index in [-0.39, 0.29) is 23.5 Å². The van der Waals surface area contributed by atoms with Crippen LogP contribution in [0.25, 0.3) is 0 Å². The number of anilines is 1. The van der Waals surface area contributed by atoms with E-state index >= 15 is 0 Å². The van der Waals surface area contributed by atoms with Crippen molar-refractivity contribution in [1.29, 1.82) is 0 Å². The van der Waals surface area contributed by atoms with Crippen molar-refractivity contribution in [2.75, 3.05) is 4.90 Å². The fourth-order valence-corrected chi connectivity index (χ4v) is 3.16. The number of nitrogens with zero attached hydrogens (tertiary/aromatic N) is 1. The van der Waals surface area contributed by atoms with Crippen molar-refractivity contribution in [1.82, 2.24) is 0 Å². The van der Waals surface area contributed by atoms with Crippen LogP contribution in [0.3, 0.4) is 0 Å². The molecule has 0 aliphatic carbocycles. The van der Waals surface area contributed by atoms with Crippen LogP contribution >= 0.6 is 0 Å². The van der Waals surface area contributed by atoms with Gasteiger partial charge in [-0.3, -0.25) is 14.1 Å². The first-order chi connectivity index (χ1) is 11.2. The zero-order chi connectivity index (χ0) is 17.6. The number of amides is 2. The Hall–Kier alpha value is -2.75. The molecule has 0 saturated heterocycles. The fourth-order valence-electron chi connectivity index (χ4n) is 2.50. The fraction of sp³-hybridized carbons (Fsp3) is 0.0667. The monoisotopic (exact) mass is 349 g/mol. The largest absolute Gasteiger partial charge is 0.508 e. The van der Waals surface area contributed by atoms with Gasteiger partial charge in [0, 0.05) is 6.07 Å². The molecular formula is C15H11NO7S. The van der Waals surface area contributed by atoms with Crippen LogP contribution in [0.4, 0.5) is 5.69 Å². The summed E-state index contributed by atoms with van der Waals surface area (Å²) in [7, 11) is -4.73. The smallest absolute Gasteiger partial charge is 0.296 e. The van der Waals surface area contributed by atoms with E-state index < -0.39 is 32.5 Å². The maximum absolute atomic E-state index is 12.5. The number of rotatable bonds is 3. The lowest BCUT2D eigenvalue weighted by molar-refractivity contribution is 0.0925. The van der Waals surface area contributed by atoms with Crippen molar-refractivity contribution < 1.29 is 32.8 Å². The second-order valence-corrected chi connectivity index (χ2v) is 6.50. The summed E-state index contributed by atoms with van der Waals surface area (Å²) in [6.45, 7) is -0.336. The van der Waals surface area contributed by atoms with Crippen molar-refractivity contribution in [3.05, 3.63) is 53.1 Å². The molecule has 124 valence electrons. The summed E-state index contributed by atoms with van der Waals surface area (Å²) in [6, 6.07) is 6.93. The van der Waals surface area contributed by atoms with Crippen molar-refractivity contribution in [3.63, 3.8) is 0 Å². The zero-order valence-corrected chi connectivity index (χ0v) is 12.8. The molecule has 8 nitrogen and oxygen atoms in total. The van der Waals surface area contributed by atoms with E-state index in [9.17, 15) is 27.7 Å². The molecule has 2 aromatic carbocycles. The number of aliphatic hydroxyl groups is 1. The third kappa shape index (κ3) is 2.44. The van der Waals surface area contributed by atoms with Gasteiger partial charge in [-0.25, -0.2) is 4.90 Å². The second kappa shape index (κ2) is 5.41. The number of hydrogen-bond acceptors (Lipinski definition) is 6. The lowest BCUT2D eigenvalue weighted by Crippen LogP contribution is -2.30. The Morgan fingerprint density at radius 3 is 2.25 bits per heavy atom. The molecule has 2 aromatic rings. The first kappa shape index (κ1) is 16.1. The molecule has 1 aliphatic heterocycles. The lowest BCUT2D eigenvalue weighted by atomic mass is 10.1. The number of aromatic hydroxyl groups is 1. The average Bonchev–Trinajstić information content (AvgIpc) is 2.77. The number of fused-ring (bicyclic) bond motifs is 1. The minimum Gasteiger partial charge on any atom is -0.508 e. The molecule has 3 N–H and O–H groups in total. The van der Waals surface area contributed by atoms with Gasteiger partial charge in [0.1, 0.15) is 10.6 Å². The van der Waals surface area contributed by atoms with Gasteiger partial charge in [0.2, 0.25) is 0 Å². The van der Waals surface area contributed by atoms with Crippen LogP contribution < -0.4 is 4.90 Å². The molecule has 2 amide bonds. The molecule has 24 heavy (non-hydrogen) atoms. The standard InChI is InChI=1S/C15H11NO7S/c17-7-8-1-3-10-11(5-8)15(20)16(14(10)19)12-6-9(18)2-4-13(12)24(21,22)23/h1-6,17-18H,7H2,(H,21,22,23). The number of benzene rings is 2. The van der Waals surface area contributed by atoms with Gasteiger partial charge in [-0.05, 0) is 29.8 Å². The van der Waals surface area contributed by atoms with Crippen LogP contribution in [0.5, 0.6) is 5.75 Å². The van der Waals surface area contributed by atoms with Gasteiger partial charge in [0.15, 0.2) is 0 Å². The number of hydrogen-bond donors (Lipinski definition) is 3. The van der Waals surface area contributed by atoms with Gasteiger partial charge < -0.3 is 10.2 Å². The molecule has 0 fully saturated rings. The summed E-state index contributed by atoms with van der Waals surface area (Å²) in [5, 5.41) is 18.7. The topological polar surface area (TPSA) is 132 Å². The first-order valence-corrected chi connectivity index (χ1v) is 8.11. The first-order valence-electron chi connectivity index (χ1n) is 6.67. The molecular weight excluding hydrogens is 338 g/mol. The highest BCUT2D eigenvalue weighted by molar-refractivity contribution is 7.86. The molecule has 0 radical (unpaired) electrons. The average molecular weight is 349 g/mol. The van der Waals surface area contributed by atoms with Crippen LogP contribution in [-0.4, -0.2) is 35.0 Å². The van der Waals surface area contributed by atoms with Gasteiger partial charge in [-0.1, -0.05) is 6.07 Å². The van der Waals surface area contributed by atoms with Crippen molar-refractivity contribution >= 4 is 27.6 Å². The van der Waals surface area contributed by atoms with Crippen LogP contribution in [0, 0.1) is 0 Å². The van der Waals surface area contributed by atoms with E-state index in [2.05, 4.69) is 0 Å². The van der Waals surface area contributed by atoms with E-state index in [1.165, 1.54) is 18.2 Å². The second-order valence-electron chi connectivity index (χ2n) is 5.11. The Bertz CT molecular complexity index is 981. The van der Waals surface area contributed by atoms with Gasteiger partial charge in [0.25, 0.3) is 21.9 Å². The van der Waals surface area contributed by atoms with E-state index in [0.29, 0.717) is 10.5 Å². The van der Waals surface area contributed by atoms with Crippen LogP contribution in [0.1, 0.15) is 26.3 Å². The summed E-state index contributed by atoms with van der Waals surface area (Å²) >= 11 is 0. The molecule has 0 atom stereocenters. The molecule has 0 unspecified atom stereocenters. The third-order valence-electron chi connectivity index (χ3n) is 3.59. The predicted molar refractivity (Wildman–Crippen MR) is 81.4 cm³/mol. The maximum Gasteiger partial charge on any atom is 0.296 e. The predicted octanol–water partition coefficient (Wildman–Crippen LogP) is 0.932. The number of carbonyl (C=O) groups is 2. The summed E-state index contributed by atoms with van der Waals surface area (Å²) in [5.41, 5.74) is -0.0186. The van der Waals surface area contributed by atoms with E-state index in [4.69, 9.17) is 5.11 Å². The van der Waals surface area contributed by atoms with Gasteiger partial charge in [-0.15, -0.1) is 0 Å². The number of aliphatic hydroxyl groups excluding tert-OH is 1. The molecule has 3 rings (SSSR count). The zero-order valence-electron chi connectivity index (χ0n) is 12.0. The van der Waals surface area contributed by atoms with Crippen LogP contribution in [0.15, 0.2) is 41.3 Å². The van der Waals surface area contributed by atoms with E-state index in [1.54, 1.807) is 0 Å². The number of phenols is 1. The Morgan fingerprint density at radius 2 is 1.62 bits per heavy atom. The minimum atomic E-state index is -4.73. The quantitative estimate of drug-likeness (QED) is 0.555. The number of phenolic OH excluding ortho intramolecular Hbond substituents is 1. The minimum absolute atomic E-state index is 0.00354. The Kier molecular flexibility index (Phi) is 3.63. The van der Waals surface area contributed by atoms with Crippen molar-refractivity contribution in [3.8, 4) is 5.75 Å². The molecule has 0 spiro atoms. The highest BCUT2D eigenvalue weighted by Crippen LogP contribution is 2.35. The molecule has 0 saturated carbocycles. The highest BCUT2D eigenvalue weighted by atomic mass is 32.2. The van der Waals surface area contributed by atoms with Crippen molar-refractivity contribution in [2.45, 2.75) is 11.5 Å². The van der Waals surface area contributed by atoms with Gasteiger partial charge >= 0.3 is 0 Å². The summed E-state index contributed by atoms with van der Waals surface area (Å²) in [4.78, 5) is 24.9.